The first kappa shape index (κ1) is 13.0. The van der Waals surface area contributed by atoms with Gasteiger partial charge in [-0.05, 0) is 38.6 Å². The highest BCUT2D eigenvalue weighted by molar-refractivity contribution is 6.00. The van der Waals surface area contributed by atoms with Crippen LogP contribution >= 0.6 is 0 Å². The number of nitrogens with zero attached hydrogens (tertiary/aromatic N) is 2. The van der Waals surface area contributed by atoms with E-state index in [0.29, 0.717) is 11.9 Å². The lowest BCUT2D eigenvalue weighted by molar-refractivity contribution is 0.246. The predicted octanol–water partition coefficient (Wildman–Crippen LogP) is 2.31. The van der Waals surface area contributed by atoms with E-state index in [2.05, 4.69) is 25.8 Å². The van der Waals surface area contributed by atoms with Gasteiger partial charge >= 0.3 is 0 Å². The molecule has 1 aromatic carbocycles. The Labute approximate surface area is 108 Å². The van der Waals surface area contributed by atoms with E-state index in [1.165, 1.54) is 12.1 Å². The molecular formula is C14H20FN3. The maximum Gasteiger partial charge on any atom is 0.128 e. The van der Waals surface area contributed by atoms with E-state index in [1.807, 2.05) is 4.90 Å². The van der Waals surface area contributed by atoms with Crippen molar-refractivity contribution in [3.05, 3.63) is 35.1 Å². The van der Waals surface area contributed by atoms with Gasteiger partial charge in [0.2, 0.25) is 0 Å². The summed E-state index contributed by atoms with van der Waals surface area (Å²) in [4.78, 5) is 4.25. The van der Waals surface area contributed by atoms with Gasteiger partial charge in [-0.2, -0.15) is 0 Å². The standard InChI is InChI=1S/C14H20FN3/c1-10(2)17(3)6-7-18-9-11-4-5-12(15)8-13(11)14(18)16/h4-5,8,10,16H,6-7,9H2,1-3H3. The normalized spacial score (nSPS) is 14.8. The molecule has 1 aliphatic heterocycles. The molecule has 4 heteroatoms. The molecule has 0 saturated heterocycles. The third-order valence-electron chi connectivity index (χ3n) is 3.61. The number of benzene rings is 1. The van der Waals surface area contributed by atoms with Crippen LogP contribution < -0.4 is 0 Å². The van der Waals surface area contributed by atoms with Crippen LogP contribution in [-0.4, -0.2) is 41.8 Å². The number of halogens is 1. The van der Waals surface area contributed by atoms with Crippen molar-refractivity contribution in [3.8, 4) is 0 Å². The van der Waals surface area contributed by atoms with E-state index in [1.54, 1.807) is 6.07 Å². The number of fused-ring (bicyclic) bond motifs is 1. The maximum absolute atomic E-state index is 13.2. The van der Waals surface area contributed by atoms with Gasteiger partial charge in [0.05, 0.1) is 0 Å². The quantitative estimate of drug-likeness (QED) is 0.887. The van der Waals surface area contributed by atoms with Crippen molar-refractivity contribution in [3.63, 3.8) is 0 Å². The second-order valence-corrected chi connectivity index (χ2v) is 5.15. The topological polar surface area (TPSA) is 30.3 Å². The minimum Gasteiger partial charge on any atom is -0.351 e. The van der Waals surface area contributed by atoms with E-state index < -0.39 is 0 Å². The molecule has 1 heterocycles. The molecule has 0 spiro atoms. The number of hydrogen-bond acceptors (Lipinski definition) is 2. The molecule has 3 nitrogen and oxygen atoms in total. The van der Waals surface area contributed by atoms with Crippen molar-refractivity contribution >= 4 is 5.84 Å². The van der Waals surface area contributed by atoms with Crippen LogP contribution in [0.3, 0.4) is 0 Å². The van der Waals surface area contributed by atoms with Gasteiger partial charge in [-0.15, -0.1) is 0 Å². The van der Waals surface area contributed by atoms with Gasteiger partial charge in [-0.1, -0.05) is 6.07 Å². The summed E-state index contributed by atoms with van der Waals surface area (Å²) in [6.07, 6.45) is 0. The van der Waals surface area contributed by atoms with Crippen molar-refractivity contribution in [2.45, 2.75) is 26.4 Å². The van der Waals surface area contributed by atoms with E-state index in [0.717, 1.165) is 30.8 Å². The molecule has 0 amide bonds. The first-order valence-corrected chi connectivity index (χ1v) is 6.31. The van der Waals surface area contributed by atoms with Crippen LogP contribution in [-0.2, 0) is 6.54 Å². The van der Waals surface area contributed by atoms with Crippen molar-refractivity contribution < 1.29 is 4.39 Å². The molecule has 0 unspecified atom stereocenters. The monoisotopic (exact) mass is 249 g/mol. The molecule has 0 aliphatic carbocycles. The molecule has 0 fully saturated rings. The number of amidine groups is 1. The Hall–Kier alpha value is -1.42. The second-order valence-electron chi connectivity index (χ2n) is 5.15. The summed E-state index contributed by atoms with van der Waals surface area (Å²) in [6.45, 7) is 6.75. The van der Waals surface area contributed by atoms with E-state index in [4.69, 9.17) is 5.41 Å². The van der Waals surface area contributed by atoms with Crippen molar-refractivity contribution in [1.82, 2.24) is 9.80 Å². The zero-order valence-corrected chi connectivity index (χ0v) is 11.2. The van der Waals surface area contributed by atoms with Crippen LogP contribution in [0.4, 0.5) is 4.39 Å². The first-order valence-electron chi connectivity index (χ1n) is 6.31. The Kier molecular flexibility index (Phi) is 3.66. The molecule has 0 saturated carbocycles. The second kappa shape index (κ2) is 5.06. The summed E-state index contributed by atoms with van der Waals surface area (Å²) >= 11 is 0. The number of rotatable bonds is 4. The maximum atomic E-state index is 13.2. The highest BCUT2D eigenvalue weighted by atomic mass is 19.1. The average molecular weight is 249 g/mol. The summed E-state index contributed by atoms with van der Waals surface area (Å²) in [6, 6.07) is 5.21. The van der Waals surface area contributed by atoms with Crippen molar-refractivity contribution in [2.24, 2.45) is 0 Å². The molecule has 1 aliphatic rings. The lowest BCUT2D eigenvalue weighted by atomic mass is 10.1. The minimum atomic E-state index is -0.264. The highest BCUT2D eigenvalue weighted by Gasteiger charge is 2.24. The Bertz CT molecular complexity index is 456. The van der Waals surface area contributed by atoms with Crippen LogP contribution in [0.1, 0.15) is 25.0 Å². The highest BCUT2D eigenvalue weighted by Crippen LogP contribution is 2.23. The third-order valence-corrected chi connectivity index (χ3v) is 3.61. The van der Waals surface area contributed by atoms with Gasteiger partial charge in [0.25, 0.3) is 0 Å². The summed E-state index contributed by atoms with van der Waals surface area (Å²) in [5, 5.41) is 8.08. The van der Waals surface area contributed by atoms with Crippen molar-refractivity contribution in [1.29, 1.82) is 5.41 Å². The number of hydrogen-bond donors (Lipinski definition) is 1. The zero-order chi connectivity index (χ0) is 13.3. The van der Waals surface area contributed by atoms with Crippen LogP contribution in [0.5, 0.6) is 0 Å². The summed E-state index contributed by atoms with van der Waals surface area (Å²) in [5.41, 5.74) is 1.79. The molecule has 1 aromatic rings. The van der Waals surface area contributed by atoms with Gasteiger partial charge in [0.1, 0.15) is 11.7 Å². The average Bonchev–Trinajstić information content (AvgIpc) is 2.63. The van der Waals surface area contributed by atoms with Gasteiger partial charge in [0, 0.05) is 31.2 Å². The van der Waals surface area contributed by atoms with E-state index in [-0.39, 0.29) is 5.82 Å². The number of likely N-dealkylation sites (N-methyl/N-ethyl adjacent to an activating group) is 1. The molecule has 0 radical (unpaired) electrons. The van der Waals surface area contributed by atoms with Gasteiger partial charge in [0.15, 0.2) is 0 Å². The summed E-state index contributed by atoms with van der Waals surface area (Å²) in [7, 11) is 2.08. The molecule has 0 atom stereocenters. The first-order chi connectivity index (χ1) is 8.49. The lowest BCUT2D eigenvalue weighted by Gasteiger charge is -2.25. The molecule has 0 aromatic heterocycles. The predicted molar refractivity (Wildman–Crippen MR) is 71.4 cm³/mol. The van der Waals surface area contributed by atoms with Crippen LogP contribution in [0.15, 0.2) is 18.2 Å². The molecular weight excluding hydrogens is 229 g/mol. The largest absolute Gasteiger partial charge is 0.351 e. The summed E-state index contributed by atoms with van der Waals surface area (Å²) in [5.74, 6) is 0.182. The lowest BCUT2D eigenvalue weighted by Crippen LogP contribution is -2.36. The SMILES string of the molecule is CC(C)N(C)CCN1Cc2ccc(F)cc2C1=N. The fraction of sp³-hybridized carbons (Fsp3) is 0.500. The minimum absolute atomic E-state index is 0.264. The molecule has 1 N–H and O–H groups in total. The van der Waals surface area contributed by atoms with Gasteiger partial charge < -0.3 is 9.80 Å². The Morgan fingerprint density at radius 2 is 2.17 bits per heavy atom. The van der Waals surface area contributed by atoms with Crippen LogP contribution in [0.25, 0.3) is 0 Å². The van der Waals surface area contributed by atoms with Crippen LogP contribution in [0, 0.1) is 11.2 Å². The molecule has 18 heavy (non-hydrogen) atoms. The van der Waals surface area contributed by atoms with Gasteiger partial charge in [-0.25, -0.2) is 4.39 Å². The van der Waals surface area contributed by atoms with Crippen LogP contribution in [0.2, 0.25) is 0 Å². The third kappa shape index (κ3) is 2.53. The Morgan fingerprint density at radius 1 is 1.44 bits per heavy atom. The number of nitrogens with one attached hydrogen (secondary N) is 1. The fourth-order valence-corrected chi connectivity index (χ4v) is 2.09. The Balaban J connectivity index is 2.01. The summed E-state index contributed by atoms with van der Waals surface area (Å²) < 4.78 is 13.2. The molecule has 98 valence electrons. The molecule has 0 bridgehead atoms. The smallest absolute Gasteiger partial charge is 0.128 e. The Morgan fingerprint density at radius 3 is 2.83 bits per heavy atom. The zero-order valence-electron chi connectivity index (χ0n) is 11.2. The van der Waals surface area contributed by atoms with Crippen molar-refractivity contribution in [2.75, 3.05) is 20.1 Å². The van der Waals surface area contributed by atoms with Gasteiger partial charge in [-0.3, -0.25) is 5.41 Å². The van der Waals surface area contributed by atoms with E-state index >= 15 is 0 Å². The van der Waals surface area contributed by atoms with E-state index in [9.17, 15) is 4.39 Å². The molecule has 2 rings (SSSR count). The fourth-order valence-electron chi connectivity index (χ4n) is 2.09.